The molecule has 1 nitrogen and oxygen atoms in total. The third-order valence-corrected chi connectivity index (χ3v) is 1.27. The van der Waals surface area contributed by atoms with Crippen molar-refractivity contribution < 1.29 is 4.74 Å². The largest absolute Gasteiger partial charge is 0.493 e. The Morgan fingerprint density at radius 1 is 1.78 bits per heavy atom. The minimum atomic E-state index is 0.543. The van der Waals surface area contributed by atoms with Gasteiger partial charge >= 0.3 is 0 Å². The molecule has 0 saturated carbocycles. The van der Waals surface area contributed by atoms with Gasteiger partial charge in [-0.2, -0.15) is 0 Å². The van der Waals surface area contributed by atoms with Crippen LogP contribution in [0.1, 0.15) is 13.8 Å². The summed E-state index contributed by atoms with van der Waals surface area (Å²) in [6.45, 7) is 7.94. The minimum Gasteiger partial charge on any atom is -0.493 e. The molecule has 0 fully saturated rings. The number of allylic oxidation sites excluding steroid dienone is 2. The number of hydrogen-bond acceptors (Lipinski definition) is 1. The predicted octanol–water partition coefficient (Wildman–Crippen LogP) is 2.68. The summed E-state index contributed by atoms with van der Waals surface area (Å²) in [5, 5.41) is 0.580. The lowest BCUT2D eigenvalue weighted by molar-refractivity contribution is 0.242. The molecule has 0 heterocycles. The Labute approximate surface area is 61.0 Å². The lowest BCUT2D eigenvalue weighted by atomic mass is 10.4. The maximum atomic E-state index is 5.63. The first-order chi connectivity index (χ1) is 4.22. The zero-order chi connectivity index (χ0) is 7.28. The lowest BCUT2D eigenvalue weighted by Crippen LogP contribution is -1.88. The first-order valence-electron chi connectivity index (χ1n) is 2.86. The molecule has 0 aliphatic heterocycles. The first kappa shape index (κ1) is 8.57. The number of ether oxygens (including phenoxy) is 1. The van der Waals surface area contributed by atoms with Crippen molar-refractivity contribution in [1.82, 2.24) is 0 Å². The highest BCUT2D eigenvalue weighted by Crippen LogP contribution is 2.12. The molecule has 52 valence electrons. The topological polar surface area (TPSA) is 9.23 Å². The van der Waals surface area contributed by atoms with Crippen LogP contribution in [0.2, 0.25) is 0 Å². The van der Waals surface area contributed by atoms with E-state index in [1.165, 1.54) is 0 Å². The van der Waals surface area contributed by atoms with Crippen molar-refractivity contribution in [2.24, 2.45) is 0 Å². The zero-order valence-corrected chi connectivity index (χ0v) is 6.53. The second kappa shape index (κ2) is 4.45. The Balaban J connectivity index is 3.74. The smallest absolute Gasteiger partial charge is 0.130 e. The molecular weight excluding hydrogens is 136 g/mol. The van der Waals surface area contributed by atoms with E-state index in [1.807, 2.05) is 13.8 Å². The van der Waals surface area contributed by atoms with Crippen LogP contribution in [0.25, 0.3) is 0 Å². The fourth-order valence-electron chi connectivity index (χ4n) is 0.404. The van der Waals surface area contributed by atoms with Gasteiger partial charge in [0.15, 0.2) is 0 Å². The average Bonchev–Trinajstić information content (AvgIpc) is 1.87. The fourth-order valence-corrected chi connectivity index (χ4v) is 0.459. The molecule has 0 aliphatic carbocycles. The Bertz CT molecular complexity index is 127. The normalized spacial score (nSPS) is 11.2. The van der Waals surface area contributed by atoms with E-state index in [2.05, 4.69) is 6.58 Å². The van der Waals surface area contributed by atoms with Gasteiger partial charge in [0.25, 0.3) is 0 Å². The standard InChI is InChI=1S/C7H11ClO/c1-4-7(8)6(3)9-5-2/h4H,3,5H2,1-2H3/b7-4+. The lowest BCUT2D eigenvalue weighted by Gasteiger charge is -2.02. The van der Waals surface area contributed by atoms with Gasteiger partial charge in [0.1, 0.15) is 5.76 Å². The monoisotopic (exact) mass is 146 g/mol. The van der Waals surface area contributed by atoms with Crippen LogP contribution in [0.15, 0.2) is 23.4 Å². The van der Waals surface area contributed by atoms with Crippen molar-refractivity contribution in [2.45, 2.75) is 13.8 Å². The Morgan fingerprint density at radius 2 is 2.33 bits per heavy atom. The Kier molecular flexibility index (Phi) is 4.24. The van der Waals surface area contributed by atoms with Gasteiger partial charge in [-0.15, -0.1) is 0 Å². The molecule has 0 spiro atoms. The minimum absolute atomic E-state index is 0.543. The van der Waals surface area contributed by atoms with E-state index < -0.39 is 0 Å². The molecule has 0 aromatic rings. The molecule has 0 N–H and O–H groups in total. The van der Waals surface area contributed by atoms with Crippen LogP contribution in [-0.4, -0.2) is 6.61 Å². The summed E-state index contributed by atoms with van der Waals surface area (Å²) in [7, 11) is 0. The number of rotatable bonds is 3. The molecule has 0 radical (unpaired) electrons. The summed E-state index contributed by atoms with van der Waals surface area (Å²) >= 11 is 5.63. The molecule has 0 aliphatic rings. The van der Waals surface area contributed by atoms with E-state index in [1.54, 1.807) is 6.08 Å². The van der Waals surface area contributed by atoms with Crippen molar-refractivity contribution in [2.75, 3.05) is 6.61 Å². The van der Waals surface area contributed by atoms with Crippen LogP contribution in [0.5, 0.6) is 0 Å². The fraction of sp³-hybridized carbons (Fsp3) is 0.429. The van der Waals surface area contributed by atoms with Crippen molar-refractivity contribution in [1.29, 1.82) is 0 Å². The molecule has 0 aromatic carbocycles. The van der Waals surface area contributed by atoms with E-state index in [0.29, 0.717) is 17.4 Å². The molecule has 0 unspecified atom stereocenters. The number of halogens is 1. The third kappa shape index (κ3) is 3.20. The molecule has 0 saturated heterocycles. The summed E-state index contributed by atoms with van der Waals surface area (Å²) in [6.07, 6.45) is 1.75. The maximum absolute atomic E-state index is 5.63. The van der Waals surface area contributed by atoms with Crippen LogP contribution in [0.4, 0.5) is 0 Å². The van der Waals surface area contributed by atoms with Gasteiger partial charge < -0.3 is 4.74 Å². The summed E-state index contributed by atoms with van der Waals surface area (Å²) in [5.74, 6) is 0.543. The van der Waals surface area contributed by atoms with E-state index >= 15 is 0 Å². The quantitative estimate of drug-likeness (QED) is 0.440. The van der Waals surface area contributed by atoms with Gasteiger partial charge in [0, 0.05) is 0 Å². The van der Waals surface area contributed by atoms with Crippen molar-refractivity contribution in [3.8, 4) is 0 Å². The Morgan fingerprint density at radius 3 is 2.67 bits per heavy atom. The zero-order valence-electron chi connectivity index (χ0n) is 5.78. The van der Waals surface area contributed by atoms with Gasteiger partial charge in [-0.1, -0.05) is 24.3 Å². The average molecular weight is 147 g/mol. The van der Waals surface area contributed by atoms with Crippen molar-refractivity contribution in [3.05, 3.63) is 23.4 Å². The van der Waals surface area contributed by atoms with Crippen LogP contribution in [-0.2, 0) is 4.74 Å². The van der Waals surface area contributed by atoms with E-state index in [-0.39, 0.29) is 0 Å². The molecule has 9 heavy (non-hydrogen) atoms. The maximum Gasteiger partial charge on any atom is 0.130 e. The van der Waals surface area contributed by atoms with Crippen LogP contribution in [0.3, 0.4) is 0 Å². The summed E-state index contributed by atoms with van der Waals surface area (Å²) in [6, 6.07) is 0. The third-order valence-electron chi connectivity index (χ3n) is 0.838. The van der Waals surface area contributed by atoms with Gasteiger partial charge in [0.2, 0.25) is 0 Å². The molecule has 0 amide bonds. The van der Waals surface area contributed by atoms with Crippen LogP contribution < -0.4 is 0 Å². The van der Waals surface area contributed by atoms with E-state index in [9.17, 15) is 0 Å². The number of hydrogen-bond donors (Lipinski definition) is 0. The van der Waals surface area contributed by atoms with Gasteiger partial charge in [-0.05, 0) is 13.8 Å². The van der Waals surface area contributed by atoms with Gasteiger partial charge in [-0.25, -0.2) is 0 Å². The molecule has 0 aromatic heterocycles. The highest BCUT2D eigenvalue weighted by molar-refractivity contribution is 6.31. The molecule has 2 heteroatoms. The highest BCUT2D eigenvalue weighted by atomic mass is 35.5. The van der Waals surface area contributed by atoms with E-state index in [4.69, 9.17) is 16.3 Å². The summed E-state index contributed by atoms with van der Waals surface area (Å²) in [4.78, 5) is 0. The van der Waals surface area contributed by atoms with Gasteiger partial charge in [0.05, 0.1) is 11.6 Å². The molecule has 0 atom stereocenters. The second-order valence-electron chi connectivity index (χ2n) is 1.49. The van der Waals surface area contributed by atoms with Crippen LogP contribution >= 0.6 is 11.6 Å². The predicted molar refractivity (Wildman–Crippen MR) is 40.4 cm³/mol. The summed E-state index contributed by atoms with van der Waals surface area (Å²) < 4.78 is 5.00. The Hall–Kier alpha value is -0.430. The van der Waals surface area contributed by atoms with Crippen LogP contribution in [0, 0.1) is 0 Å². The molecule has 0 rings (SSSR count). The van der Waals surface area contributed by atoms with Crippen molar-refractivity contribution in [3.63, 3.8) is 0 Å². The van der Waals surface area contributed by atoms with E-state index in [0.717, 1.165) is 0 Å². The molecular formula is C7H11ClO. The highest BCUT2D eigenvalue weighted by Gasteiger charge is 1.94. The summed E-state index contributed by atoms with van der Waals surface area (Å²) in [5.41, 5.74) is 0. The second-order valence-corrected chi connectivity index (χ2v) is 1.90. The SMILES string of the molecule is C=C(OCC)/C(Cl)=C\C. The first-order valence-corrected chi connectivity index (χ1v) is 3.24. The van der Waals surface area contributed by atoms with Crippen molar-refractivity contribution >= 4 is 11.6 Å². The molecule has 0 bridgehead atoms. The van der Waals surface area contributed by atoms with Gasteiger partial charge in [-0.3, -0.25) is 0 Å².